The molecule has 0 fully saturated rings. The Morgan fingerprint density at radius 3 is 2.08 bits per heavy atom. The Kier molecular flexibility index (Phi) is 6.07. The SMILES string of the molecule is COc1cc(CCCc2cccc(O)c(=O)c2)cc(OC)c1OC. The molecule has 0 aliphatic carbocycles. The second kappa shape index (κ2) is 8.24. The highest BCUT2D eigenvalue weighted by Crippen LogP contribution is 2.38. The van der Waals surface area contributed by atoms with Gasteiger partial charge < -0.3 is 19.3 Å². The fourth-order valence-corrected chi connectivity index (χ4v) is 2.57. The fourth-order valence-electron chi connectivity index (χ4n) is 2.57. The lowest BCUT2D eigenvalue weighted by Crippen LogP contribution is -1.99. The fraction of sp³-hybridized carbons (Fsp3) is 0.316. The first-order valence-corrected chi connectivity index (χ1v) is 7.70. The van der Waals surface area contributed by atoms with Gasteiger partial charge >= 0.3 is 0 Å². The van der Waals surface area contributed by atoms with Crippen molar-refractivity contribution in [3.8, 4) is 23.0 Å². The Hall–Kier alpha value is -2.69. The number of benzene rings is 1. The zero-order valence-corrected chi connectivity index (χ0v) is 14.2. The Morgan fingerprint density at radius 2 is 1.50 bits per heavy atom. The van der Waals surface area contributed by atoms with Crippen molar-refractivity contribution in [1.29, 1.82) is 0 Å². The van der Waals surface area contributed by atoms with Crippen LogP contribution in [0.5, 0.6) is 23.0 Å². The van der Waals surface area contributed by atoms with Gasteiger partial charge in [0.15, 0.2) is 17.2 Å². The van der Waals surface area contributed by atoms with E-state index in [9.17, 15) is 9.90 Å². The number of methoxy groups -OCH3 is 3. The van der Waals surface area contributed by atoms with E-state index in [1.165, 1.54) is 12.1 Å². The highest BCUT2D eigenvalue weighted by molar-refractivity contribution is 5.53. The molecule has 5 nitrogen and oxygen atoms in total. The highest BCUT2D eigenvalue weighted by atomic mass is 16.5. The van der Waals surface area contributed by atoms with Crippen molar-refractivity contribution in [2.45, 2.75) is 19.3 Å². The van der Waals surface area contributed by atoms with Crippen LogP contribution in [0.25, 0.3) is 0 Å². The second-order valence-corrected chi connectivity index (χ2v) is 5.38. The summed E-state index contributed by atoms with van der Waals surface area (Å²) in [5.41, 5.74) is 1.60. The maximum absolute atomic E-state index is 11.6. The molecule has 1 N–H and O–H groups in total. The third kappa shape index (κ3) is 4.19. The predicted octanol–water partition coefficient (Wildman–Crippen LogP) is 2.95. The van der Waals surface area contributed by atoms with E-state index in [1.807, 2.05) is 18.2 Å². The maximum atomic E-state index is 11.6. The van der Waals surface area contributed by atoms with Crippen molar-refractivity contribution in [3.63, 3.8) is 0 Å². The van der Waals surface area contributed by atoms with E-state index < -0.39 is 0 Å². The largest absolute Gasteiger partial charge is 0.504 e. The van der Waals surface area contributed by atoms with Crippen molar-refractivity contribution in [2.75, 3.05) is 21.3 Å². The molecule has 128 valence electrons. The smallest absolute Gasteiger partial charge is 0.220 e. The third-order valence-electron chi connectivity index (χ3n) is 3.79. The molecule has 0 atom stereocenters. The van der Waals surface area contributed by atoms with Crippen molar-refractivity contribution in [3.05, 3.63) is 57.7 Å². The highest BCUT2D eigenvalue weighted by Gasteiger charge is 2.12. The Balaban J connectivity index is 2.11. The van der Waals surface area contributed by atoms with Gasteiger partial charge in [0.05, 0.1) is 21.3 Å². The number of aryl methyl sites for hydroxylation is 2. The molecule has 0 aliphatic rings. The normalized spacial score (nSPS) is 10.3. The van der Waals surface area contributed by atoms with Crippen LogP contribution in [0.1, 0.15) is 17.5 Å². The molecule has 2 aromatic carbocycles. The molecule has 0 unspecified atom stereocenters. The molecule has 0 saturated carbocycles. The van der Waals surface area contributed by atoms with Crippen LogP contribution in [0, 0.1) is 0 Å². The average Bonchev–Trinajstić information content (AvgIpc) is 2.75. The summed E-state index contributed by atoms with van der Waals surface area (Å²) in [6.07, 6.45) is 2.39. The van der Waals surface area contributed by atoms with Gasteiger partial charge in [0, 0.05) is 0 Å². The summed E-state index contributed by atoms with van der Waals surface area (Å²) in [6.45, 7) is 0. The van der Waals surface area contributed by atoms with Crippen molar-refractivity contribution in [1.82, 2.24) is 0 Å². The molecule has 0 radical (unpaired) electrons. The first-order chi connectivity index (χ1) is 11.6. The summed E-state index contributed by atoms with van der Waals surface area (Å²) in [4.78, 5) is 11.6. The minimum absolute atomic E-state index is 0.231. The molecular formula is C19H22O5. The molecule has 0 aliphatic heterocycles. The van der Waals surface area contributed by atoms with Crippen LogP contribution in [0.15, 0.2) is 41.2 Å². The van der Waals surface area contributed by atoms with Gasteiger partial charge in [0.25, 0.3) is 0 Å². The number of ether oxygens (including phenoxy) is 3. The van der Waals surface area contributed by atoms with Crippen molar-refractivity contribution >= 4 is 0 Å². The molecular weight excluding hydrogens is 308 g/mol. The van der Waals surface area contributed by atoms with Crippen molar-refractivity contribution < 1.29 is 19.3 Å². The van der Waals surface area contributed by atoms with Gasteiger partial charge in [-0.3, -0.25) is 4.79 Å². The van der Waals surface area contributed by atoms with Gasteiger partial charge in [-0.25, -0.2) is 0 Å². The Bertz CT molecular complexity index is 730. The number of hydrogen-bond donors (Lipinski definition) is 1. The van der Waals surface area contributed by atoms with E-state index in [2.05, 4.69) is 0 Å². The van der Waals surface area contributed by atoms with Crippen LogP contribution in [0.2, 0.25) is 0 Å². The predicted molar refractivity (Wildman–Crippen MR) is 92.5 cm³/mol. The molecule has 0 heterocycles. The molecule has 5 heteroatoms. The van der Waals surface area contributed by atoms with E-state index in [0.717, 1.165) is 30.4 Å². The molecule has 0 amide bonds. The first kappa shape index (κ1) is 17.7. The van der Waals surface area contributed by atoms with Crippen LogP contribution in [-0.4, -0.2) is 26.4 Å². The molecule has 0 spiro atoms. The van der Waals surface area contributed by atoms with Gasteiger partial charge in [-0.05, 0) is 54.7 Å². The second-order valence-electron chi connectivity index (χ2n) is 5.38. The molecule has 0 bridgehead atoms. The monoisotopic (exact) mass is 330 g/mol. The van der Waals surface area contributed by atoms with E-state index >= 15 is 0 Å². The summed E-state index contributed by atoms with van der Waals surface area (Å²) < 4.78 is 16.0. The number of hydrogen-bond acceptors (Lipinski definition) is 5. The quantitative estimate of drug-likeness (QED) is 0.845. The minimum atomic E-state index is -0.359. The van der Waals surface area contributed by atoms with Gasteiger partial charge in [-0.1, -0.05) is 12.1 Å². The average molecular weight is 330 g/mol. The zero-order chi connectivity index (χ0) is 17.5. The Labute approximate surface area is 141 Å². The van der Waals surface area contributed by atoms with Gasteiger partial charge in [-0.15, -0.1) is 0 Å². The van der Waals surface area contributed by atoms with E-state index in [4.69, 9.17) is 14.2 Å². The standard InChI is InChI=1S/C19H22O5/c1-22-17-11-14(12-18(23-2)19(17)24-3)8-4-6-13-7-5-9-15(20)16(21)10-13/h5,7,9-12H,4,6,8H2,1-3H3,(H,20,21). The summed E-state index contributed by atoms with van der Waals surface area (Å²) in [5, 5.41) is 9.42. The van der Waals surface area contributed by atoms with Gasteiger partial charge in [0.2, 0.25) is 11.2 Å². The van der Waals surface area contributed by atoms with Gasteiger partial charge in [-0.2, -0.15) is 0 Å². The summed E-state index contributed by atoms with van der Waals surface area (Å²) in [7, 11) is 4.76. The number of aromatic hydroxyl groups is 1. The lowest BCUT2D eigenvalue weighted by Gasteiger charge is -2.14. The third-order valence-corrected chi connectivity index (χ3v) is 3.79. The summed E-state index contributed by atoms with van der Waals surface area (Å²) >= 11 is 0. The van der Waals surface area contributed by atoms with Crippen LogP contribution >= 0.6 is 0 Å². The summed E-state index contributed by atoms with van der Waals surface area (Å²) in [5.74, 6) is 1.60. The lowest BCUT2D eigenvalue weighted by molar-refractivity contribution is 0.323. The lowest BCUT2D eigenvalue weighted by atomic mass is 10.0. The van der Waals surface area contributed by atoms with Crippen LogP contribution in [0.3, 0.4) is 0 Å². The minimum Gasteiger partial charge on any atom is -0.504 e. The molecule has 2 aromatic rings. The first-order valence-electron chi connectivity index (χ1n) is 7.70. The van der Waals surface area contributed by atoms with E-state index in [1.54, 1.807) is 27.4 Å². The summed E-state index contributed by atoms with van der Waals surface area (Å²) in [6, 6.07) is 10.3. The van der Waals surface area contributed by atoms with Crippen molar-refractivity contribution in [2.24, 2.45) is 0 Å². The maximum Gasteiger partial charge on any atom is 0.220 e. The molecule has 24 heavy (non-hydrogen) atoms. The zero-order valence-electron chi connectivity index (χ0n) is 14.2. The topological polar surface area (TPSA) is 65.0 Å². The molecule has 2 rings (SSSR count). The molecule has 0 aromatic heterocycles. The Morgan fingerprint density at radius 1 is 0.875 bits per heavy atom. The van der Waals surface area contributed by atoms with Crippen LogP contribution in [-0.2, 0) is 12.8 Å². The van der Waals surface area contributed by atoms with E-state index in [0.29, 0.717) is 17.2 Å². The van der Waals surface area contributed by atoms with Crippen LogP contribution < -0.4 is 19.6 Å². The molecule has 0 saturated heterocycles. The van der Waals surface area contributed by atoms with Crippen LogP contribution in [0.4, 0.5) is 0 Å². The number of rotatable bonds is 7. The van der Waals surface area contributed by atoms with Gasteiger partial charge in [0.1, 0.15) is 0 Å². The van der Waals surface area contributed by atoms with E-state index in [-0.39, 0.29) is 11.2 Å².